The van der Waals surface area contributed by atoms with Gasteiger partial charge in [-0.05, 0) is 64.8 Å². The number of pyridine rings is 1. The highest BCUT2D eigenvalue weighted by Crippen LogP contribution is 2.19. The molecule has 3 aromatic rings. The van der Waals surface area contributed by atoms with Crippen molar-refractivity contribution in [1.82, 2.24) is 24.5 Å². The van der Waals surface area contributed by atoms with Crippen LogP contribution >= 0.6 is 0 Å². The van der Waals surface area contributed by atoms with Gasteiger partial charge in [0.15, 0.2) is 11.6 Å². The Bertz CT molecular complexity index is 787. The van der Waals surface area contributed by atoms with Crippen molar-refractivity contribution < 1.29 is 0 Å². The average molecular weight is 295 g/mol. The van der Waals surface area contributed by atoms with Crippen molar-refractivity contribution in [2.45, 2.75) is 41.5 Å². The van der Waals surface area contributed by atoms with Gasteiger partial charge in [0.2, 0.25) is 0 Å². The van der Waals surface area contributed by atoms with Gasteiger partial charge in [0, 0.05) is 11.4 Å². The van der Waals surface area contributed by atoms with Crippen molar-refractivity contribution in [3.05, 3.63) is 52.1 Å². The van der Waals surface area contributed by atoms with E-state index in [0.29, 0.717) is 0 Å². The minimum Gasteiger partial charge on any atom is -0.219 e. The maximum Gasteiger partial charge on any atom is 0.156 e. The summed E-state index contributed by atoms with van der Waals surface area (Å²) in [5, 5.41) is 9.17. The summed E-state index contributed by atoms with van der Waals surface area (Å²) in [6.45, 7) is 12.3. The molecule has 0 saturated carbocycles. The monoisotopic (exact) mass is 295 g/mol. The Morgan fingerprint density at radius 3 is 1.41 bits per heavy atom. The molecule has 0 aliphatic carbocycles. The van der Waals surface area contributed by atoms with Gasteiger partial charge in [-0.15, -0.1) is 0 Å². The summed E-state index contributed by atoms with van der Waals surface area (Å²) in [7, 11) is 0. The lowest BCUT2D eigenvalue weighted by molar-refractivity contribution is 0.767. The third kappa shape index (κ3) is 2.13. The average Bonchev–Trinajstić information content (AvgIpc) is 2.92. The molecule has 5 nitrogen and oxygen atoms in total. The van der Waals surface area contributed by atoms with Crippen LogP contribution in [0.2, 0.25) is 0 Å². The van der Waals surface area contributed by atoms with Gasteiger partial charge in [-0.3, -0.25) is 0 Å². The second-order valence-electron chi connectivity index (χ2n) is 5.77. The highest BCUT2D eigenvalue weighted by Gasteiger charge is 2.13. The van der Waals surface area contributed by atoms with E-state index in [1.807, 2.05) is 41.4 Å². The van der Waals surface area contributed by atoms with Crippen molar-refractivity contribution in [2.75, 3.05) is 0 Å². The van der Waals surface area contributed by atoms with Gasteiger partial charge in [-0.1, -0.05) is 6.07 Å². The molecule has 22 heavy (non-hydrogen) atoms. The molecular weight excluding hydrogens is 274 g/mol. The molecule has 0 amide bonds. The van der Waals surface area contributed by atoms with Crippen molar-refractivity contribution in [1.29, 1.82) is 0 Å². The lowest BCUT2D eigenvalue weighted by atomic mass is 10.2. The molecule has 3 heterocycles. The number of rotatable bonds is 2. The van der Waals surface area contributed by atoms with Crippen LogP contribution in [0, 0.1) is 41.5 Å². The van der Waals surface area contributed by atoms with Gasteiger partial charge in [0.05, 0.1) is 11.4 Å². The first-order chi connectivity index (χ1) is 10.4. The van der Waals surface area contributed by atoms with E-state index in [-0.39, 0.29) is 0 Å². The van der Waals surface area contributed by atoms with E-state index in [9.17, 15) is 0 Å². The molecule has 0 unspecified atom stereocenters. The highest BCUT2D eigenvalue weighted by molar-refractivity contribution is 5.37. The number of aryl methyl sites for hydroxylation is 2. The molecule has 0 spiro atoms. The van der Waals surface area contributed by atoms with Crippen LogP contribution in [0.15, 0.2) is 18.2 Å². The summed E-state index contributed by atoms with van der Waals surface area (Å²) >= 11 is 0. The fraction of sp³-hybridized carbons (Fsp3) is 0.353. The fourth-order valence-electron chi connectivity index (χ4n) is 2.54. The summed E-state index contributed by atoms with van der Waals surface area (Å²) in [5.74, 6) is 1.63. The molecule has 0 bridgehead atoms. The molecule has 114 valence electrons. The lowest BCUT2D eigenvalue weighted by Crippen LogP contribution is -2.07. The smallest absolute Gasteiger partial charge is 0.156 e. The molecule has 0 atom stereocenters. The predicted octanol–water partition coefficient (Wildman–Crippen LogP) is 3.30. The molecule has 0 aromatic carbocycles. The van der Waals surface area contributed by atoms with Gasteiger partial charge >= 0.3 is 0 Å². The standard InChI is InChI=1S/C17H21N5/c1-10-12(3)19-21(14(10)5)16-8-7-9-17(18-16)22-15(6)11(2)13(4)20-22/h7-9H,1-6H3. The van der Waals surface area contributed by atoms with Gasteiger partial charge < -0.3 is 0 Å². The van der Waals surface area contributed by atoms with Crippen LogP contribution in [0.25, 0.3) is 11.6 Å². The Labute approximate surface area is 130 Å². The van der Waals surface area contributed by atoms with Crippen LogP contribution in [-0.2, 0) is 0 Å². The molecule has 5 heteroatoms. The maximum absolute atomic E-state index is 4.74. The molecule has 0 aliphatic heterocycles. The Balaban J connectivity index is 2.14. The zero-order chi connectivity index (χ0) is 16.0. The Hall–Kier alpha value is -2.43. The number of aromatic nitrogens is 5. The minimum absolute atomic E-state index is 0.816. The molecule has 0 N–H and O–H groups in total. The molecule has 0 aliphatic rings. The summed E-state index contributed by atoms with van der Waals surface area (Å²) in [4.78, 5) is 4.74. The zero-order valence-electron chi connectivity index (χ0n) is 14.0. The number of hydrogen-bond donors (Lipinski definition) is 0. The van der Waals surface area contributed by atoms with Crippen LogP contribution in [0.3, 0.4) is 0 Å². The first-order valence-electron chi connectivity index (χ1n) is 7.43. The van der Waals surface area contributed by atoms with Crippen LogP contribution in [0.5, 0.6) is 0 Å². The predicted molar refractivity (Wildman–Crippen MR) is 86.9 cm³/mol. The largest absolute Gasteiger partial charge is 0.219 e. The minimum atomic E-state index is 0.816. The first-order valence-corrected chi connectivity index (χ1v) is 7.43. The van der Waals surface area contributed by atoms with Crippen LogP contribution < -0.4 is 0 Å². The normalized spacial score (nSPS) is 11.2. The summed E-state index contributed by atoms with van der Waals surface area (Å²) in [6.07, 6.45) is 0. The Kier molecular flexibility index (Phi) is 3.35. The molecule has 0 fully saturated rings. The number of nitrogens with zero attached hydrogens (tertiary/aromatic N) is 5. The van der Waals surface area contributed by atoms with Crippen LogP contribution in [-0.4, -0.2) is 24.5 Å². The van der Waals surface area contributed by atoms with Gasteiger partial charge in [0.1, 0.15) is 0 Å². The van der Waals surface area contributed by atoms with Crippen LogP contribution in [0.1, 0.15) is 33.9 Å². The Morgan fingerprint density at radius 2 is 1.09 bits per heavy atom. The Morgan fingerprint density at radius 1 is 0.682 bits per heavy atom. The van der Waals surface area contributed by atoms with Gasteiger partial charge in [-0.25, -0.2) is 14.3 Å². The number of hydrogen-bond acceptors (Lipinski definition) is 3. The van der Waals surface area contributed by atoms with Crippen molar-refractivity contribution >= 4 is 0 Å². The van der Waals surface area contributed by atoms with Crippen molar-refractivity contribution in [3.8, 4) is 11.6 Å². The van der Waals surface area contributed by atoms with E-state index >= 15 is 0 Å². The second kappa shape index (κ2) is 5.09. The fourth-order valence-corrected chi connectivity index (χ4v) is 2.54. The molecular formula is C17H21N5. The second-order valence-corrected chi connectivity index (χ2v) is 5.77. The first kappa shape index (κ1) is 14.5. The van der Waals surface area contributed by atoms with Gasteiger partial charge in [-0.2, -0.15) is 10.2 Å². The van der Waals surface area contributed by atoms with E-state index < -0.39 is 0 Å². The summed E-state index contributed by atoms with van der Waals surface area (Å²) in [6, 6.07) is 5.94. The van der Waals surface area contributed by atoms with E-state index in [1.165, 1.54) is 11.1 Å². The van der Waals surface area contributed by atoms with Crippen LogP contribution in [0.4, 0.5) is 0 Å². The highest BCUT2D eigenvalue weighted by atomic mass is 15.4. The van der Waals surface area contributed by atoms with E-state index in [0.717, 1.165) is 34.4 Å². The van der Waals surface area contributed by atoms with E-state index in [4.69, 9.17) is 4.98 Å². The quantitative estimate of drug-likeness (QED) is 0.729. The third-order valence-electron chi connectivity index (χ3n) is 4.46. The SMILES string of the molecule is Cc1nn(-c2cccc(-n3nc(C)c(C)c3C)n2)c(C)c1C. The molecule has 3 aromatic heterocycles. The molecule has 0 saturated heterocycles. The van der Waals surface area contributed by atoms with Crippen molar-refractivity contribution in [3.63, 3.8) is 0 Å². The zero-order valence-corrected chi connectivity index (χ0v) is 14.0. The van der Waals surface area contributed by atoms with E-state index in [1.54, 1.807) is 0 Å². The summed E-state index contributed by atoms with van der Waals surface area (Å²) in [5.41, 5.74) is 6.71. The summed E-state index contributed by atoms with van der Waals surface area (Å²) < 4.78 is 3.79. The third-order valence-corrected chi connectivity index (χ3v) is 4.46. The molecule has 3 rings (SSSR count). The van der Waals surface area contributed by atoms with Crippen molar-refractivity contribution in [2.24, 2.45) is 0 Å². The molecule has 0 radical (unpaired) electrons. The maximum atomic E-state index is 4.74. The van der Waals surface area contributed by atoms with Gasteiger partial charge in [0.25, 0.3) is 0 Å². The lowest BCUT2D eigenvalue weighted by Gasteiger charge is -2.08. The van der Waals surface area contributed by atoms with E-state index in [2.05, 4.69) is 37.9 Å². The topological polar surface area (TPSA) is 48.5 Å².